The number of likely N-dealkylation sites (tertiary alicyclic amines) is 1. The van der Waals surface area contributed by atoms with Crippen LogP contribution >= 0.6 is 0 Å². The number of nitrogens with zero attached hydrogens (tertiary/aromatic N) is 1. The number of amides is 1. The van der Waals surface area contributed by atoms with Crippen LogP contribution in [-0.4, -0.2) is 46.7 Å². The minimum absolute atomic E-state index is 0.271. The molecule has 0 aromatic carbocycles. The Morgan fingerprint density at radius 1 is 1.45 bits per heavy atom. The van der Waals surface area contributed by atoms with Crippen LogP contribution in [0.25, 0.3) is 0 Å². The summed E-state index contributed by atoms with van der Waals surface area (Å²) < 4.78 is 11.4. The summed E-state index contributed by atoms with van der Waals surface area (Å²) in [7, 11) is 0. The van der Waals surface area contributed by atoms with Gasteiger partial charge in [-0.15, -0.1) is 0 Å². The maximum Gasteiger partial charge on any atom is 0.410 e. The van der Waals surface area contributed by atoms with Crippen LogP contribution in [0, 0.1) is 0 Å². The van der Waals surface area contributed by atoms with E-state index in [2.05, 4.69) is 6.58 Å². The van der Waals surface area contributed by atoms with Crippen molar-refractivity contribution in [2.45, 2.75) is 51.2 Å². The van der Waals surface area contributed by atoms with Gasteiger partial charge in [-0.1, -0.05) is 6.58 Å². The van der Waals surface area contributed by atoms with E-state index in [0.29, 0.717) is 18.8 Å². The second-order valence-electron chi connectivity index (χ2n) is 6.84. The molecule has 2 saturated heterocycles. The summed E-state index contributed by atoms with van der Waals surface area (Å²) in [6, 6.07) is 0. The fourth-order valence-corrected chi connectivity index (χ4v) is 2.80. The van der Waals surface area contributed by atoms with E-state index in [1.165, 1.54) is 6.21 Å². The van der Waals surface area contributed by atoms with E-state index in [1.54, 1.807) is 11.0 Å². The summed E-state index contributed by atoms with van der Waals surface area (Å²) in [5.74, 6) is 0.636. The monoisotopic (exact) mass is 309 g/mol. The van der Waals surface area contributed by atoms with Gasteiger partial charge in [-0.3, -0.25) is 5.21 Å². The largest absolute Gasteiger partial charge is 0.487 e. The first kappa shape index (κ1) is 16.4. The van der Waals surface area contributed by atoms with E-state index in [1.807, 2.05) is 25.9 Å². The second kappa shape index (κ2) is 6.02. The van der Waals surface area contributed by atoms with Crippen LogP contribution in [0.5, 0.6) is 0 Å². The topological polar surface area (TPSA) is 73.0 Å². The van der Waals surface area contributed by atoms with Gasteiger partial charge in [-0.25, -0.2) is 4.79 Å². The first-order valence-electron chi connectivity index (χ1n) is 7.53. The highest BCUT2D eigenvalue weighted by molar-refractivity contribution is 5.69. The maximum atomic E-state index is 12.1. The van der Waals surface area contributed by atoms with Gasteiger partial charge in [0.1, 0.15) is 17.0 Å². The number of hydrogen-bond donors (Lipinski definition) is 2. The summed E-state index contributed by atoms with van der Waals surface area (Å²) in [5.41, 5.74) is 0.199. The van der Waals surface area contributed by atoms with Crippen LogP contribution in [0.4, 0.5) is 4.79 Å². The fraction of sp³-hybridized carbons (Fsp3) is 0.625. The van der Waals surface area contributed by atoms with E-state index in [-0.39, 0.29) is 11.7 Å². The van der Waals surface area contributed by atoms with Crippen LogP contribution in [0.2, 0.25) is 0 Å². The third-order valence-electron chi connectivity index (χ3n) is 3.90. The zero-order valence-electron chi connectivity index (χ0n) is 13.5. The molecule has 2 aliphatic rings. The van der Waals surface area contributed by atoms with Gasteiger partial charge in [0, 0.05) is 44.0 Å². The lowest BCUT2D eigenvalue weighted by Crippen LogP contribution is -2.63. The smallest absolute Gasteiger partial charge is 0.410 e. The Morgan fingerprint density at radius 2 is 2.09 bits per heavy atom. The minimum atomic E-state index is -0.479. The molecule has 0 unspecified atom stereocenters. The lowest BCUT2D eigenvalue weighted by molar-refractivity contribution is -0.733. The Hall–Kier alpha value is -1.98. The Morgan fingerprint density at radius 3 is 2.64 bits per heavy atom. The standard InChI is InChI=1S/C16H24N2O4/c1-12-13(5-8-17-20)11-16(21-12)6-9-18(10-7-16)14(19)22-15(2,3)4/h5,8,20H,1,6-7,9-11H2,2-4H3/p+1/b13-5-,17-8+. The zero-order chi connectivity index (χ0) is 16.4. The summed E-state index contributed by atoms with van der Waals surface area (Å²) >= 11 is 0. The lowest BCUT2D eigenvalue weighted by Gasteiger charge is -2.38. The Balaban J connectivity index is 1.95. The molecule has 2 heterocycles. The first-order valence-corrected chi connectivity index (χ1v) is 7.53. The van der Waals surface area contributed by atoms with Crippen molar-refractivity contribution < 1.29 is 24.6 Å². The average Bonchev–Trinajstić information content (AvgIpc) is 2.71. The molecule has 0 radical (unpaired) electrons. The summed E-state index contributed by atoms with van der Waals surface area (Å²) in [6.07, 6.45) is 5.17. The zero-order valence-corrected chi connectivity index (χ0v) is 13.5. The van der Waals surface area contributed by atoms with Gasteiger partial charge >= 0.3 is 6.09 Å². The number of ether oxygens (including phenoxy) is 2. The summed E-state index contributed by atoms with van der Waals surface area (Å²) in [4.78, 5) is 13.8. The van der Waals surface area contributed by atoms with Gasteiger partial charge in [0.2, 0.25) is 6.21 Å². The van der Waals surface area contributed by atoms with E-state index < -0.39 is 5.60 Å². The third kappa shape index (κ3) is 3.81. The molecule has 6 heteroatoms. The average molecular weight is 309 g/mol. The van der Waals surface area contributed by atoms with Crippen LogP contribution in [-0.2, 0) is 9.47 Å². The molecule has 0 bridgehead atoms. The highest BCUT2D eigenvalue weighted by atomic mass is 16.6. The van der Waals surface area contributed by atoms with Crippen molar-refractivity contribution >= 4 is 12.3 Å². The number of rotatable bonds is 1. The highest BCUT2D eigenvalue weighted by Gasteiger charge is 2.44. The van der Waals surface area contributed by atoms with Crippen molar-refractivity contribution in [2.24, 2.45) is 0 Å². The Labute approximate surface area is 131 Å². The molecule has 0 aromatic heterocycles. The molecule has 0 saturated carbocycles. The van der Waals surface area contributed by atoms with Crippen LogP contribution < -0.4 is 5.16 Å². The second-order valence-corrected chi connectivity index (χ2v) is 6.84. The molecule has 0 aromatic rings. The number of hydrogen-bond acceptors (Lipinski definition) is 4. The molecule has 1 amide bonds. The Bertz CT molecular complexity index is 509. The molecule has 122 valence electrons. The third-order valence-corrected chi connectivity index (χ3v) is 3.90. The van der Waals surface area contributed by atoms with Crippen molar-refractivity contribution in [3.63, 3.8) is 0 Å². The normalized spacial score (nSPS) is 23.3. The lowest BCUT2D eigenvalue weighted by atomic mass is 9.87. The molecule has 22 heavy (non-hydrogen) atoms. The molecule has 2 N–H and O–H groups in total. The predicted octanol–water partition coefficient (Wildman–Crippen LogP) is 1.16. The molecule has 2 rings (SSSR count). The van der Waals surface area contributed by atoms with Gasteiger partial charge in [-0.05, 0) is 25.9 Å². The molecule has 2 fully saturated rings. The predicted molar refractivity (Wildman–Crippen MR) is 81.5 cm³/mol. The SMILES string of the molecule is C=C1OC2(CCN(C(=O)OC(C)(C)C)CC2)C/C1=C/C=[NH+]/O. The van der Waals surface area contributed by atoms with E-state index >= 15 is 0 Å². The minimum Gasteiger partial charge on any atom is -0.487 e. The maximum absolute atomic E-state index is 12.1. The molecule has 6 nitrogen and oxygen atoms in total. The number of carbonyl (C=O) groups excluding carboxylic acids is 1. The number of allylic oxidation sites excluding steroid dienone is 2. The van der Waals surface area contributed by atoms with E-state index in [9.17, 15) is 4.79 Å². The number of nitrogens with one attached hydrogen (secondary N) is 1. The van der Waals surface area contributed by atoms with E-state index in [0.717, 1.165) is 24.8 Å². The van der Waals surface area contributed by atoms with Crippen LogP contribution in [0.1, 0.15) is 40.0 Å². The molecular formula is C16H25N2O4+. The number of carbonyl (C=O) groups is 1. The van der Waals surface area contributed by atoms with Crippen LogP contribution in [0.3, 0.4) is 0 Å². The molecular weight excluding hydrogens is 284 g/mol. The summed E-state index contributed by atoms with van der Waals surface area (Å²) in [5, 5.41) is 10.6. The van der Waals surface area contributed by atoms with Crippen molar-refractivity contribution in [1.29, 1.82) is 0 Å². The Kier molecular flexibility index (Phi) is 4.49. The van der Waals surface area contributed by atoms with Crippen molar-refractivity contribution in [3.8, 4) is 0 Å². The van der Waals surface area contributed by atoms with Crippen molar-refractivity contribution in [3.05, 3.63) is 24.0 Å². The highest BCUT2D eigenvalue weighted by Crippen LogP contribution is 2.43. The van der Waals surface area contributed by atoms with Crippen molar-refractivity contribution in [2.75, 3.05) is 13.1 Å². The number of piperidine rings is 1. The van der Waals surface area contributed by atoms with Crippen molar-refractivity contribution in [1.82, 2.24) is 4.90 Å². The van der Waals surface area contributed by atoms with Gasteiger partial charge in [0.15, 0.2) is 0 Å². The van der Waals surface area contributed by atoms with Crippen LogP contribution in [0.15, 0.2) is 24.0 Å². The molecule has 0 aliphatic carbocycles. The van der Waals surface area contributed by atoms with Gasteiger partial charge in [0.05, 0.1) is 0 Å². The summed E-state index contributed by atoms with van der Waals surface area (Å²) in [6.45, 7) is 10.7. The van der Waals surface area contributed by atoms with Gasteiger partial charge in [-0.2, -0.15) is 0 Å². The fourth-order valence-electron chi connectivity index (χ4n) is 2.80. The first-order chi connectivity index (χ1) is 10.2. The van der Waals surface area contributed by atoms with Gasteiger partial charge < -0.3 is 14.4 Å². The molecule has 2 aliphatic heterocycles. The van der Waals surface area contributed by atoms with E-state index in [4.69, 9.17) is 14.7 Å². The molecule has 0 atom stereocenters. The quantitative estimate of drug-likeness (QED) is 0.433. The molecule has 1 spiro atoms. The van der Waals surface area contributed by atoms with Gasteiger partial charge in [0.25, 0.3) is 0 Å².